The number of carbonyl (C=O) groups is 1. The number of ether oxygens (including phenoxy) is 2. The summed E-state index contributed by atoms with van der Waals surface area (Å²) in [7, 11) is 3.59. The van der Waals surface area contributed by atoms with E-state index in [1.165, 1.54) is 0 Å². The highest BCUT2D eigenvalue weighted by Crippen LogP contribution is 2.32. The Morgan fingerprint density at radius 1 is 1.47 bits per heavy atom. The van der Waals surface area contributed by atoms with Crippen molar-refractivity contribution in [3.63, 3.8) is 0 Å². The standard InChI is InChI=1S/C12H22N2O3/c1-4-16-10-6-5-9-11(10)17-8-7-14(9)12(15)13(2)3/h9-11H,4-8H2,1-3H3/t9-,10+,11+/m1/s1. The van der Waals surface area contributed by atoms with Crippen molar-refractivity contribution in [2.75, 3.05) is 33.9 Å². The molecule has 1 aliphatic heterocycles. The van der Waals surface area contributed by atoms with Crippen LogP contribution >= 0.6 is 0 Å². The summed E-state index contributed by atoms with van der Waals surface area (Å²) in [4.78, 5) is 15.6. The molecule has 0 aromatic carbocycles. The summed E-state index contributed by atoms with van der Waals surface area (Å²) in [6, 6.07) is 0.274. The highest BCUT2D eigenvalue weighted by molar-refractivity contribution is 5.74. The maximum absolute atomic E-state index is 12.1. The number of hydrogen-bond acceptors (Lipinski definition) is 3. The third-order valence-electron chi connectivity index (χ3n) is 3.54. The van der Waals surface area contributed by atoms with Crippen LogP contribution in [0.1, 0.15) is 19.8 Å². The molecule has 17 heavy (non-hydrogen) atoms. The van der Waals surface area contributed by atoms with Crippen molar-refractivity contribution in [2.24, 2.45) is 0 Å². The van der Waals surface area contributed by atoms with E-state index in [0.29, 0.717) is 19.8 Å². The normalized spacial score (nSPS) is 32.4. The minimum atomic E-state index is 0.0626. The molecular formula is C12H22N2O3. The highest BCUT2D eigenvalue weighted by atomic mass is 16.5. The van der Waals surface area contributed by atoms with Gasteiger partial charge in [-0.15, -0.1) is 0 Å². The summed E-state index contributed by atoms with van der Waals surface area (Å²) in [6.45, 7) is 4.01. The quantitative estimate of drug-likeness (QED) is 0.723. The summed E-state index contributed by atoms with van der Waals surface area (Å²) in [6.07, 6.45) is 2.19. The van der Waals surface area contributed by atoms with E-state index in [2.05, 4.69) is 0 Å². The van der Waals surface area contributed by atoms with Crippen LogP contribution in [0.25, 0.3) is 0 Å². The van der Waals surface area contributed by atoms with Crippen LogP contribution in [0, 0.1) is 0 Å². The summed E-state index contributed by atoms with van der Waals surface area (Å²) in [5.41, 5.74) is 0. The van der Waals surface area contributed by atoms with Crippen LogP contribution < -0.4 is 0 Å². The van der Waals surface area contributed by atoms with E-state index in [-0.39, 0.29) is 24.3 Å². The average Bonchev–Trinajstić information content (AvgIpc) is 2.72. The van der Waals surface area contributed by atoms with Crippen LogP contribution in [0.15, 0.2) is 0 Å². The summed E-state index contributed by atoms with van der Waals surface area (Å²) in [5.74, 6) is 0. The number of amides is 2. The van der Waals surface area contributed by atoms with Crippen molar-refractivity contribution in [3.8, 4) is 0 Å². The van der Waals surface area contributed by atoms with E-state index in [1.54, 1.807) is 19.0 Å². The van der Waals surface area contributed by atoms with E-state index < -0.39 is 0 Å². The molecule has 1 aliphatic carbocycles. The molecule has 0 N–H and O–H groups in total. The topological polar surface area (TPSA) is 42.0 Å². The lowest BCUT2D eigenvalue weighted by molar-refractivity contribution is -0.102. The van der Waals surface area contributed by atoms with E-state index in [9.17, 15) is 4.79 Å². The average molecular weight is 242 g/mol. The maximum atomic E-state index is 12.1. The molecule has 0 aromatic rings. The number of nitrogens with zero attached hydrogens (tertiary/aromatic N) is 2. The fourth-order valence-corrected chi connectivity index (χ4v) is 2.80. The minimum absolute atomic E-state index is 0.0626. The molecule has 2 fully saturated rings. The monoisotopic (exact) mass is 242 g/mol. The summed E-state index contributed by atoms with van der Waals surface area (Å²) < 4.78 is 11.5. The van der Waals surface area contributed by atoms with Crippen molar-refractivity contribution < 1.29 is 14.3 Å². The first-order valence-corrected chi connectivity index (χ1v) is 6.36. The highest BCUT2D eigenvalue weighted by Gasteiger charge is 2.45. The predicted octanol–water partition coefficient (Wildman–Crippen LogP) is 0.936. The van der Waals surface area contributed by atoms with Crippen LogP contribution in [0.3, 0.4) is 0 Å². The molecule has 1 heterocycles. The number of hydrogen-bond donors (Lipinski definition) is 0. The van der Waals surface area contributed by atoms with Crippen molar-refractivity contribution >= 4 is 6.03 Å². The van der Waals surface area contributed by atoms with Gasteiger partial charge in [-0.25, -0.2) is 4.79 Å². The van der Waals surface area contributed by atoms with Crippen LogP contribution in [0.2, 0.25) is 0 Å². The Kier molecular flexibility index (Phi) is 3.89. The van der Waals surface area contributed by atoms with Gasteiger partial charge < -0.3 is 19.3 Å². The van der Waals surface area contributed by atoms with E-state index >= 15 is 0 Å². The van der Waals surface area contributed by atoms with Crippen molar-refractivity contribution in [2.45, 2.75) is 38.0 Å². The van der Waals surface area contributed by atoms with Crippen LogP contribution in [0.4, 0.5) is 4.79 Å². The Bertz CT molecular complexity index is 283. The summed E-state index contributed by atoms with van der Waals surface area (Å²) in [5, 5.41) is 0. The number of fused-ring (bicyclic) bond motifs is 1. The zero-order chi connectivity index (χ0) is 12.4. The fraction of sp³-hybridized carbons (Fsp3) is 0.917. The van der Waals surface area contributed by atoms with Crippen molar-refractivity contribution in [1.29, 1.82) is 0 Å². The third-order valence-corrected chi connectivity index (χ3v) is 3.54. The predicted molar refractivity (Wildman–Crippen MR) is 64.0 cm³/mol. The smallest absolute Gasteiger partial charge is 0.319 e. The van der Waals surface area contributed by atoms with Gasteiger partial charge in [0, 0.05) is 27.2 Å². The van der Waals surface area contributed by atoms with Crippen molar-refractivity contribution in [3.05, 3.63) is 0 Å². The summed E-state index contributed by atoms with van der Waals surface area (Å²) >= 11 is 0. The van der Waals surface area contributed by atoms with E-state index in [0.717, 1.165) is 12.8 Å². The van der Waals surface area contributed by atoms with E-state index in [4.69, 9.17) is 9.47 Å². The molecule has 2 rings (SSSR count). The number of carbonyl (C=O) groups excluding carboxylic acids is 1. The largest absolute Gasteiger partial charge is 0.376 e. The van der Waals surface area contributed by atoms with Gasteiger partial charge in [0.05, 0.1) is 18.8 Å². The minimum Gasteiger partial charge on any atom is -0.376 e. The first kappa shape index (κ1) is 12.6. The molecule has 0 bridgehead atoms. The Morgan fingerprint density at radius 2 is 2.24 bits per heavy atom. The molecule has 2 amide bonds. The van der Waals surface area contributed by atoms with Gasteiger partial charge >= 0.3 is 6.03 Å². The second-order valence-corrected chi connectivity index (χ2v) is 4.84. The fourth-order valence-electron chi connectivity index (χ4n) is 2.80. The SMILES string of the molecule is CCO[C@H]1CC[C@@H]2[C@@H]1OCCN2C(=O)N(C)C. The van der Waals surface area contributed by atoms with Crippen molar-refractivity contribution in [1.82, 2.24) is 9.80 Å². The lowest BCUT2D eigenvalue weighted by Gasteiger charge is -2.40. The Morgan fingerprint density at radius 3 is 2.88 bits per heavy atom. The van der Waals surface area contributed by atoms with Crippen LogP contribution in [-0.2, 0) is 9.47 Å². The van der Waals surface area contributed by atoms with Gasteiger partial charge in [0.15, 0.2) is 0 Å². The van der Waals surface area contributed by atoms with Gasteiger partial charge in [0.2, 0.25) is 0 Å². The third kappa shape index (κ3) is 2.40. The molecule has 0 aromatic heterocycles. The van der Waals surface area contributed by atoms with Gasteiger partial charge in [-0.05, 0) is 19.8 Å². The maximum Gasteiger partial charge on any atom is 0.319 e. The van der Waals surface area contributed by atoms with Gasteiger partial charge in [0.1, 0.15) is 6.10 Å². The van der Waals surface area contributed by atoms with E-state index in [1.807, 2.05) is 11.8 Å². The number of urea groups is 1. The molecule has 0 spiro atoms. The molecule has 0 radical (unpaired) electrons. The van der Waals surface area contributed by atoms with Gasteiger partial charge in [-0.3, -0.25) is 0 Å². The van der Waals surface area contributed by atoms with Crippen LogP contribution in [0.5, 0.6) is 0 Å². The van der Waals surface area contributed by atoms with Gasteiger partial charge in [-0.1, -0.05) is 0 Å². The Balaban J connectivity index is 2.05. The first-order valence-electron chi connectivity index (χ1n) is 6.36. The molecule has 3 atom stereocenters. The number of rotatable bonds is 2. The molecule has 1 saturated carbocycles. The Labute approximate surface area is 103 Å². The zero-order valence-electron chi connectivity index (χ0n) is 10.9. The molecule has 2 aliphatic rings. The molecule has 0 unspecified atom stereocenters. The molecular weight excluding hydrogens is 220 g/mol. The molecule has 1 saturated heterocycles. The lowest BCUT2D eigenvalue weighted by atomic mass is 10.1. The molecule has 98 valence electrons. The lowest BCUT2D eigenvalue weighted by Crippen LogP contribution is -2.56. The van der Waals surface area contributed by atoms with Gasteiger partial charge in [-0.2, -0.15) is 0 Å². The second-order valence-electron chi connectivity index (χ2n) is 4.84. The number of morpholine rings is 1. The van der Waals surface area contributed by atoms with Gasteiger partial charge in [0.25, 0.3) is 0 Å². The first-order chi connectivity index (χ1) is 8.15. The zero-order valence-corrected chi connectivity index (χ0v) is 10.9. The molecule has 5 heteroatoms. The van der Waals surface area contributed by atoms with Crippen LogP contribution in [-0.4, -0.2) is 67.9 Å². The molecule has 5 nitrogen and oxygen atoms in total. The second kappa shape index (κ2) is 5.23. The Hall–Kier alpha value is -0.810.